The van der Waals surface area contributed by atoms with E-state index >= 15 is 0 Å². The van der Waals surface area contributed by atoms with Gasteiger partial charge in [0.15, 0.2) is 0 Å². The van der Waals surface area contributed by atoms with Crippen LogP contribution in [0.1, 0.15) is 25.7 Å². The van der Waals surface area contributed by atoms with Crippen LogP contribution in [0.4, 0.5) is 0 Å². The van der Waals surface area contributed by atoms with Crippen molar-refractivity contribution >= 4 is 0 Å². The minimum Gasteiger partial charge on any atom is -0.379 e. The lowest BCUT2D eigenvalue weighted by molar-refractivity contribution is 0.0101. The quantitative estimate of drug-likeness (QED) is 0.698. The van der Waals surface area contributed by atoms with Gasteiger partial charge in [-0.15, -0.1) is 0 Å². The third kappa shape index (κ3) is 4.92. The summed E-state index contributed by atoms with van der Waals surface area (Å²) >= 11 is 0. The Morgan fingerprint density at radius 1 is 0.824 bits per heavy atom. The Kier molecular flexibility index (Phi) is 6.27. The van der Waals surface area contributed by atoms with E-state index in [1.807, 2.05) is 0 Å². The summed E-state index contributed by atoms with van der Waals surface area (Å²) in [7, 11) is 0. The molecule has 2 N–H and O–H groups in total. The van der Waals surface area contributed by atoms with Gasteiger partial charge in [-0.25, -0.2) is 0 Å². The first kappa shape index (κ1) is 13.3. The number of ether oxygens (including phenoxy) is 1. The number of hydrogen-bond donors (Lipinski definition) is 2. The average molecular weight is 241 g/mol. The maximum atomic E-state index is 5.33. The van der Waals surface area contributed by atoms with Gasteiger partial charge in [-0.2, -0.15) is 0 Å². The van der Waals surface area contributed by atoms with Gasteiger partial charge in [0.05, 0.1) is 13.2 Å². The van der Waals surface area contributed by atoms with E-state index in [-0.39, 0.29) is 0 Å². The summed E-state index contributed by atoms with van der Waals surface area (Å²) in [6.07, 6.45) is 5.42. The van der Waals surface area contributed by atoms with Gasteiger partial charge in [0.25, 0.3) is 0 Å². The summed E-state index contributed by atoms with van der Waals surface area (Å²) in [6.45, 7) is 9.05. The molecule has 4 nitrogen and oxygen atoms in total. The van der Waals surface area contributed by atoms with Crippen LogP contribution in [0.15, 0.2) is 0 Å². The van der Waals surface area contributed by atoms with Crippen LogP contribution in [-0.2, 0) is 4.74 Å². The standard InChI is InChI=1S/C9H18N2O.C4H9N/c1-3-10-4-2-9(1)11-5-7-12-8-6-11;1-2-4-5-3-1/h9-10H,1-8H2;5H,1-4H2. The fourth-order valence-corrected chi connectivity index (χ4v) is 2.74. The molecule has 3 heterocycles. The van der Waals surface area contributed by atoms with Crippen LogP contribution in [0.25, 0.3) is 0 Å². The predicted molar refractivity (Wildman–Crippen MR) is 70.4 cm³/mol. The molecule has 0 aromatic rings. The molecule has 3 rings (SSSR count). The number of rotatable bonds is 1. The molecular formula is C13H27N3O. The second-order valence-electron chi connectivity index (χ2n) is 5.09. The lowest BCUT2D eigenvalue weighted by Crippen LogP contribution is -2.47. The first-order valence-corrected chi connectivity index (χ1v) is 7.20. The lowest BCUT2D eigenvalue weighted by Gasteiger charge is -2.36. The van der Waals surface area contributed by atoms with Gasteiger partial charge in [-0.1, -0.05) is 0 Å². The third-order valence-electron chi connectivity index (χ3n) is 3.83. The zero-order valence-electron chi connectivity index (χ0n) is 10.9. The van der Waals surface area contributed by atoms with Crippen LogP contribution in [0.5, 0.6) is 0 Å². The molecule has 0 bridgehead atoms. The fraction of sp³-hybridized carbons (Fsp3) is 1.00. The molecule has 4 heteroatoms. The molecule has 17 heavy (non-hydrogen) atoms. The molecule has 100 valence electrons. The molecule has 0 spiro atoms. The van der Waals surface area contributed by atoms with Crippen molar-refractivity contribution in [2.45, 2.75) is 31.7 Å². The van der Waals surface area contributed by atoms with E-state index in [0.717, 1.165) is 32.3 Å². The fourth-order valence-electron chi connectivity index (χ4n) is 2.74. The Hall–Kier alpha value is -0.160. The molecule has 3 fully saturated rings. The van der Waals surface area contributed by atoms with Crippen LogP contribution >= 0.6 is 0 Å². The highest BCUT2D eigenvalue weighted by Gasteiger charge is 2.21. The van der Waals surface area contributed by atoms with E-state index in [4.69, 9.17) is 4.74 Å². The van der Waals surface area contributed by atoms with E-state index in [2.05, 4.69) is 15.5 Å². The SMILES string of the molecule is C1CC(N2CCOCC2)CCN1.C1CCNC1. The van der Waals surface area contributed by atoms with E-state index in [1.54, 1.807) is 0 Å². The maximum absolute atomic E-state index is 5.33. The molecule has 0 aromatic heterocycles. The van der Waals surface area contributed by atoms with Gasteiger partial charge in [0.1, 0.15) is 0 Å². The zero-order valence-corrected chi connectivity index (χ0v) is 10.9. The molecule has 3 saturated heterocycles. The Labute approximate surface area is 105 Å². The van der Waals surface area contributed by atoms with Gasteiger partial charge in [-0.05, 0) is 51.9 Å². The number of nitrogens with one attached hydrogen (secondary N) is 2. The molecule has 0 saturated carbocycles. The Morgan fingerprint density at radius 2 is 1.41 bits per heavy atom. The maximum Gasteiger partial charge on any atom is 0.0594 e. The molecule has 0 unspecified atom stereocenters. The van der Waals surface area contributed by atoms with Crippen molar-refractivity contribution < 1.29 is 4.74 Å². The van der Waals surface area contributed by atoms with Gasteiger partial charge in [0.2, 0.25) is 0 Å². The summed E-state index contributed by atoms with van der Waals surface area (Å²) < 4.78 is 5.33. The van der Waals surface area contributed by atoms with Crippen molar-refractivity contribution in [2.75, 3.05) is 52.5 Å². The number of piperidine rings is 1. The van der Waals surface area contributed by atoms with Gasteiger partial charge in [-0.3, -0.25) is 4.90 Å². The molecule has 0 amide bonds. The summed E-state index contributed by atoms with van der Waals surface area (Å²) in [5.74, 6) is 0. The topological polar surface area (TPSA) is 36.5 Å². The molecule has 0 aliphatic carbocycles. The average Bonchev–Trinajstić information content (AvgIpc) is 3.00. The molecule has 3 aliphatic heterocycles. The largest absolute Gasteiger partial charge is 0.379 e. The van der Waals surface area contributed by atoms with Gasteiger partial charge < -0.3 is 15.4 Å². The Morgan fingerprint density at radius 3 is 1.94 bits per heavy atom. The van der Waals surface area contributed by atoms with Crippen LogP contribution in [0.3, 0.4) is 0 Å². The normalized spacial score (nSPS) is 27.5. The van der Waals surface area contributed by atoms with Crippen molar-refractivity contribution in [3.8, 4) is 0 Å². The minimum absolute atomic E-state index is 0.829. The molecule has 0 aromatic carbocycles. The van der Waals surface area contributed by atoms with Gasteiger partial charge >= 0.3 is 0 Å². The predicted octanol–water partition coefficient (Wildman–Crippen LogP) is 0.440. The molecule has 0 radical (unpaired) electrons. The highest BCUT2D eigenvalue weighted by Crippen LogP contribution is 2.12. The summed E-state index contributed by atoms with van der Waals surface area (Å²) in [5, 5.41) is 6.62. The molecule has 3 aliphatic rings. The summed E-state index contributed by atoms with van der Waals surface area (Å²) in [6, 6.07) is 0.829. The first-order chi connectivity index (χ1) is 8.47. The van der Waals surface area contributed by atoms with E-state index in [9.17, 15) is 0 Å². The van der Waals surface area contributed by atoms with Crippen LogP contribution < -0.4 is 10.6 Å². The van der Waals surface area contributed by atoms with Gasteiger partial charge in [0, 0.05) is 19.1 Å². The van der Waals surface area contributed by atoms with Crippen LogP contribution in [0, 0.1) is 0 Å². The summed E-state index contributed by atoms with van der Waals surface area (Å²) in [4.78, 5) is 2.59. The highest BCUT2D eigenvalue weighted by atomic mass is 16.5. The highest BCUT2D eigenvalue weighted by molar-refractivity contribution is 4.78. The van der Waals surface area contributed by atoms with Crippen molar-refractivity contribution in [2.24, 2.45) is 0 Å². The lowest BCUT2D eigenvalue weighted by atomic mass is 10.0. The van der Waals surface area contributed by atoms with Crippen molar-refractivity contribution in [1.82, 2.24) is 15.5 Å². The Bertz CT molecular complexity index is 161. The van der Waals surface area contributed by atoms with Crippen LogP contribution in [-0.4, -0.2) is 63.4 Å². The number of hydrogen-bond acceptors (Lipinski definition) is 4. The van der Waals surface area contributed by atoms with E-state index in [0.29, 0.717) is 0 Å². The van der Waals surface area contributed by atoms with Crippen LogP contribution in [0.2, 0.25) is 0 Å². The zero-order chi connectivity index (χ0) is 11.8. The van der Waals surface area contributed by atoms with Crippen molar-refractivity contribution in [3.05, 3.63) is 0 Å². The third-order valence-corrected chi connectivity index (χ3v) is 3.83. The Balaban J connectivity index is 0.000000181. The smallest absolute Gasteiger partial charge is 0.0594 e. The van der Waals surface area contributed by atoms with E-state index in [1.165, 1.54) is 51.9 Å². The second-order valence-corrected chi connectivity index (χ2v) is 5.09. The molecular weight excluding hydrogens is 214 g/mol. The number of nitrogens with zero attached hydrogens (tertiary/aromatic N) is 1. The monoisotopic (exact) mass is 241 g/mol. The molecule has 0 atom stereocenters. The second kappa shape index (κ2) is 8.03. The van der Waals surface area contributed by atoms with E-state index < -0.39 is 0 Å². The first-order valence-electron chi connectivity index (χ1n) is 7.20. The van der Waals surface area contributed by atoms with Crippen molar-refractivity contribution in [1.29, 1.82) is 0 Å². The summed E-state index contributed by atoms with van der Waals surface area (Å²) in [5.41, 5.74) is 0. The minimum atomic E-state index is 0.829. The van der Waals surface area contributed by atoms with Crippen molar-refractivity contribution in [3.63, 3.8) is 0 Å². The number of morpholine rings is 1.